The van der Waals surface area contributed by atoms with Crippen LogP contribution in [0.15, 0.2) is 0 Å². The van der Waals surface area contributed by atoms with Crippen LogP contribution in [0.2, 0.25) is 0 Å². The molecule has 3 heteroatoms. The molecule has 1 saturated heterocycles. The van der Waals surface area contributed by atoms with E-state index in [9.17, 15) is 0 Å². The van der Waals surface area contributed by atoms with Gasteiger partial charge in [0.05, 0.1) is 6.73 Å². The summed E-state index contributed by atoms with van der Waals surface area (Å²) < 4.78 is 5.05. The van der Waals surface area contributed by atoms with Crippen molar-refractivity contribution >= 4 is 0 Å². The summed E-state index contributed by atoms with van der Waals surface area (Å²) >= 11 is 0. The van der Waals surface area contributed by atoms with Gasteiger partial charge in [-0.3, -0.25) is 4.90 Å². The van der Waals surface area contributed by atoms with E-state index in [2.05, 4.69) is 17.1 Å². The van der Waals surface area contributed by atoms with Gasteiger partial charge in [-0.25, -0.2) is 0 Å². The summed E-state index contributed by atoms with van der Waals surface area (Å²) in [6.45, 7) is 6.26. The first-order chi connectivity index (χ1) is 4.84. The molecule has 0 saturated carbocycles. The SMILES string of the molecule is COCN1CCNCC1C. The molecule has 60 valence electrons. The first-order valence-electron chi connectivity index (χ1n) is 3.78. The maximum Gasteiger partial charge on any atom is 0.0989 e. The summed E-state index contributed by atoms with van der Waals surface area (Å²) in [5, 5.41) is 3.33. The lowest BCUT2D eigenvalue weighted by Crippen LogP contribution is -2.50. The fourth-order valence-electron chi connectivity index (χ4n) is 1.24. The van der Waals surface area contributed by atoms with Gasteiger partial charge in [-0.1, -0.05) is 0 Å². The second-order valence-corrected chi connectivity index (χ2v) is 2.78. The third-order valence-electron chi connectivity index (χ3n) is 1.93. The minimum absolute atomic E-state index is 0.619. The molecule has 1 rings (SSSR count). The summed E-state index contributed by atoms with van der Waals surface area (Å²) in [5.74, 6) is 0. The third-order valence-corrected chi connectivity index (χ3v) is 1.93. The molecule has 1 heterocycles. The maximum atomic E-state index is 5.05. The highest BCUT2D eigenvalue weighted by Crippen LogP contribution is 2.00. The Bertz CT molecular complexity index is 95.6. The minimum atomic E-state index is 0.619. The van der Waals surface area contributed by atoms with Crippen molar-refractivity contribution in [2.75, 3.05) is 33.5 Å². The molecular weight excluding hydrogens is 128 g/mol. The van der Waals surface area contributed by atoms with Gasteiger partial charge in [0, 0.05) is 32.8 Å². The molecule has 1 aliphatic rings. The Morgan fingerprint density at radius 2 is 2.50 bits per heavy atom. The summed E-state index contributed by atoms with van der Waals surface area (Å²) in [6, 6.07) is 0.619. The van der Waals surface area contributed by atoms with E-state index >= 15 is 0 Å². The van der Waals surface area contributed by atoms with Crippen molar-refractivity contribution in [3.05, 3.63) is 0 Å². The van der Waals surface area contributed by atoms with Crippen LogP contribution in [0, 0.1) is 0 Å². The van der Waals surface area contributed by atoms with Gasteiger partial charge < -0.3 is 10.1 Å². The van der Waals surface area contributed by atoms with Crippen molar-refractivity contribution in [2.24, 2.45) is 0 Å². The van der Waals surface area contributed by atoms with Crippen LogP contribution in [-0.2, 0) is 4.74 Å². The van der Waals surface area contributed by atoms with E-state index in [1.807, 2.05) is 0 Å². The molecule has 0 bridgehead atoms. The van der Waals surface area contributed by atoms with Crippen LogP contribution in [0.25, 0.3) is 0 Å². The highest BCUT2D eigenvalue weighted by atomic mass is 16.5. The Balaban J connectivity index is 2.25. The average molecular weight is 144 g/mol. The number of ether oxygens (including phenoxy) is 1. The number of rotatable bonds is 2. The van der Waals surface area contributed by atoms with Crippen molar-refractivity contribution in [3.8, 4) is 0 Å². The van der Waals surface area contributed by atoms with E-state index < -0.39 is 0 Å². The first kappa shape index (κ1) is 7.98. The number of nitrogens with zero attached hydrogens (tertiary/aromatic N) is 1. The van der Waals surface area contributed by atoms with Crippen LogP contribution in [-0.4, -0.2) is 44.4 Å². The lowest BCUT2D eigenvalue weighted by molar-refractivity contribution is 0.0271. The topological polar surface area (TPSA) is 24.5 Å². The van der Waals surface area contributed by atoms with E-state index in [4.69, 9.17) is 4.74 Å². The molecule has 1 N–H and O–H groups in total. The quantitative estimate of drug-likeness (QED) is 0.585. The molecule has 1 atom stereocenters. The zero-order valence-corrected chi connectivity index (χ0v) is 6.76. The fraction of sp³-hybridized carbons (Fsp3) is 1.00. The van der Waals surface area contributed by atoms with Gasteiger partial charge in [0.15, 0.2) is 0 Å². The van der Waals surface area contributed by atoms with Gasteiger partial charge in [0.1, 0.15) is 0 Å². The van der Waals surface area contributed by atoms with E-state index in [1.165, 1.54) is 0 Å². The van der Waals surface area contributed by atoms with Crippen molar-refractivity contribution in [3.63, 3.8) is 0 Å². The Kier molecular flexibility index (Phi) is 3.12. The Labute approximate surface area is 62.3 Å². The van der Waals surface area contributed by atoms with Crippen LogP contribution in [0.5, 0.6) is 0 Å². The normalized spacial score (nSPS) is 28.8. The predicted octanol–water partition coefficient (Wildman–Crippen LogP) is -0.116. The first-order valence-corrected chi connectivity index (χ1v) is 3.78. The number of piperazine rings is 1. The van der Waals surface area contributed by atoms with Gasteiger partial charge in [-0.15, -0.1) is 0 Å². The zero-order chi connectivity index (χ0) is 7.40. The van der Waals surface area contributed by atoms with Crippen molar-refractivity contribution in [1.82, 2.24) is 10.2 Å². The van der Waals surface area contributed by atoms with Crippen LogP contribution in [0.1, 0.15) is 6.92 Å². The molecule has 1 aliphatic heterocycles. The second kappa shape index (κ2) is 3.91. The van der Waals surface area contributed by atoms with Crippen molar-refractivity contribution in [1.29, 1.82) is 0 Å². The fourth-order valence-corrected chi connectivity index (χ4v) is 1.24. The highest BCUT2D eigenvalue weighted by molar-refractivity contribution is 4.73. The largest absolute Gasteiger partial charge is 0.369 e. The van der Waals surface area contributed by atoms with Crippen molar-refractivity contribution < 1.29 is 4.74 Å². The van der Waals surface area contributed by atoms with Crippen molar-refractivity contribution in [2.45, 2.75) is 13.0 Å². The lowest BCUT2D eigenvalue weighted by atomic mass is 10.2. The van der Waals surface area contributed by atoms with Crippen LogP contribution in [0.3, 0.4) is 0 Å². The molecule has 0 aromatic heterocycles. The molecule has 0 spiro atoms. The summed E-state index contributed by atoms with van der Waals surface area (Å²) in [7, 11) is 1.74. The number of nitrogens with one attached hydrogen (secondary N) is 1. The Hall–Kier alpha value is -0.120. The molecule has 10 heavy (non-hydrogen) atoms. The molecule has 0 amide bonds. The van der Waals surface area contributed by atoms with Crippen LogP contribution in [0.4, 0.5) is 0 Å². The third kappa shape index (κ3) is 1.94. The van der Waals surface area contributed by atoms with E-state index in [-0.39, 0.29) is 0 Å². The summed E-state index contributed by atoms with van der Waals surface area (Å²) in [6.07, 6.45) is 0. The molecule has 3 nitrogen and oxygen atoms in total. The van der Waals surface area contributed by atoms with Gasteiger partial charge in [-0.05, 0) is 6.92 Å². The summed E-state index contributed by atoms with van der Waals surface area (Å²) in [5.41, 5.74) is 0. The zero-order valence-electron chi connectivity index (χ0n) is 6.76. The molecule has 0 radical (unpaired) electrons. The second-order valence-electron chi connectivity index (χ2n) is 2.78. The molecule has 1 fully saturated rings. The van der Waals surface area contributed by atoms with E-state index in [1.54, 1.807) is 7.11 Å². The van der Waals surface area contributed by atoms with Gasteiger partial charge >= 0.3 is 0 Å². The maximum absolute atomic E-state index is 5.05. The van der Waals surface area contributed by atoms with Gasteiger partial charge in [0.2, 0.25) is 0 Å². The summed E-state index contributed by atoms with van der Waals surface area (Å²) in [4.78, 5) is 2.33. The molecule has 0 aromatic rings. The molecule has 1 unspecified atom stereocenters. The van der Waals surface area contributed by atoms with Crippen LogP contribution < -0.4 is 5.32 Å². The number of methoxy groups -OCH3 is 1. The number of hydrogen-bond acceptors (Lipinski definition) is 3. The molecule has 0 aromatic carbocycles. The predicted molar refractivity (Wildman–Crippen MR) is 40.9 cm³/mol. The Morgan fingerprint density at radius 3 is 3.10 bits per heavy atom. The minimum Gasteiger partial charge on any atom is -0.369 e. The van der Waals surface area contributed by atoms with E-state index in [0.29, 0.717) is 6.04 Å². The lowest BCUT2D eigenvalue weighted by Gasteiger charge is -2.32. The average Bonchev–Trinajstić information content (AvgIpc) is 1.94. The van der Waals surface area contributed by atoms with Gasteiger partial charge in [0.25, 0.3) is 0 Å². The molecular formula is C7H16N2O. The van der Waals surface area contributed by atoms with Gasteiger partial charge in [-0.2, -0.15) is 0 Å². The van der Waals surface area contributed by atoms with Crippen LogP contribution >= 0.6 is 0 Å². The molecule has 0 aliphatic carbocycles. The Morgan fingerprint density at radius 1 is 1.70 bits per heavy atom. The van der Waals surface area contributed by atoms with E-state index in [0.717, 1.165) is 26.4 Å². The highest BCUT2D eigenvalue weighted by Gasteiger charge is 2.16. The number of hydrogen-bond donors (Lipinski definition) is 1. The monoisotopic (exact) mass is 144 g/mol. The smallest absolute Gasteiger partial charge is 0.0989 e. The standard InChI is InChI=1S/C7H16N2O/c1-7-5-8-3-4-9(7)6-10-2/h7-8H,3-6H2,1-2H3.